The molecule has 3 rings (SSSR count). The van der Waals surface area contributed by atoms with E-state index in [0.717, 1.165) is 17.3 Å². The Kier molecular flexibility index (Phi) is 6.87. The lowest BCUT2D eigenvalue weighted by atomic mass is 10.1. The van der Waals surface area contributed by atoms with E-state index in [0.29, 0.717) is 22.0 Å². The van der Waals surface area contributed by atoms with Crippen LogP contribution in [0, 0.1) is 6.92 Å². The lowest BCUT2D eigenvalue weighted by Crippen LogP contribution is -2.29. The van der Waals surface area contributed by atoms with Crippen LogP contribution in [0.4, 0.5) is 0 Å². The summed E-state index contributed by atoms with van der Waals surface area (Å²) in [5, 5.41) is 0.0733. The molecule has 0 saturated carbocycles. The molecule has 2 aromatic rings. The van der Waals surface area contributed by atoms with Crippen molar-refractivity contribution < 1.29 is 22.7 Å². The molecular weight excluding hydrogens is 436 g/mol. The van der Waals surface area contributed by atoms with Crippen molar-refractivity contribution >= 4 is 38.9 Å². The first-order chi connectivity index (χ1) is 14.8. The number of rotatable bonds is 7. The first-order valence-electron chi connectivity index (χ1n) is 9.25. The quantitative estimate of drug-likeness (QED) is 0.463. The number of hydrogen-bond donors (Lipinski definition) is 0. The van der Waals surface area contributed by atoms with E-state index in [1.807, 2.05) is 6.92 Å². The molecule has 1 aliphatic rings. The van der Waals surface area contributed by atoms with Crippen molar-refractivity contribution in [1.29, 1.82) is 0 Å². The third-order valence-corrected chi connectivity index (χ3v) is 6.85. The Morgan fingerprint density at radius 2 is 1.84 bits per heavy atom. The summed E-state index contributed by atoms with van der Waals surface area (Å²) in [6.07, 6.45) is 3.16. The number of methoxy groups -OCH3 is 2. The van der Waals surface area contributed by atoms with Gasteiger partial charge >= 0.3 is 0 Å². The Hall–Kier alpha value is -3.04. The molecular formula is C22H22N2O5S2. The van der Waals surface area contributed by atoms with Crippen molar-refractivity contribution in [3.63, 3.8) is 0 Å². The van der Waals surface area contributed by atoms with Crippen LogP contribution in [0.2, 0.25) is 0 Å². The predicted octanol–water partition coefficient (Wildman–Crippen LogP) is 3.86. The zero-order valence-corrected chi connectivity index (χ0v) is 19.0. The highest BCUT2D eigenvalue weighted by molar-refractivity contribution is 8.19. The molecule has 0 N–H and O–H groups in total. The summed E-state index contributed by atoms with van der Waals surface area (Å²) in [5.74, 6) is 0.776. The summed E-state index contributed by atoms with van der Waals surface area (Å²) < 4.78 is 40.1. The fraction of sp³-hybridized carbons (Fsp3) is 0.182. The molecule has 31 heavy (non-hydrogen) atoms. The highest BCUT2D eigenvalue weighted by atomic mass is 32.2. The zero-order valence-electron chi connectivity index (χ0n) is 17.4. The number of thioether (sulfide) groups is 1. The number of nitrogens with zero attached hydrogens (tertiary/aromatic N) is 2. The molecule has 0 bridgehead atoms. The molecule has 1 heterocycles. The van der Waals surface area contributed by atoms with E-state index < -0.39 is 10.0 Å². The maximum atomic E-state index is 12.9. The van der Waals surface area contributed by atoms with Gasteiger partial charge < -0.3 is 9.47 Å². The fourth-order valence-electron chi connectivity index (χ4n) is 2.81. The third kappa shape index (κ3) is 5.00. The van der Waals surface area contributed by atoms with Gasteiger partial charge in [0.15, 0.2) is 5.17 Å². The minimum absolute atomic E-state index is 0.0615. The molecule has 0 radical (unpaired) electrons. The molecule has 2 aromatic carbocycles. The lowest BCUT2D eigenvalue weighted by molar-refractivity contribution is -0.121. The van der Waals surface area contributed by atoms with Crippen molar-refractivity contribution in [3.8, 4) is 11.5 Å². The summed E-state index contributed by atoms with van der Waals surface area (Å²) in [4.78, 5) is 14.6. The number of amidine groups is 1. The SMILES string of the molecule is C=CCN1C(=O)C(=Cc2ccc(OC)cc2OC)SC1=NS(=O)(=O)c1ccc(C)cc1. The van der Waals surface area contributed by atoms with Gasteiger partial charge in [-0.05, 0) is 49.0 Å². The molecule has 0 aromatic heterocycles. The van der Waals surface area contributed by atoms with Gasteiger partial charge in [0.25, 0.3) is 15.9 Å². The lowest BCUT2D eigenvalue weighted by Gasteiger charge is -2.12. The molecule has 162 valence electrons. The number of hydrogen-bond acceptors (Lipinski definition) is 6. The van der Waals surface area contributed by atoms with E-state index in [1.54, 1.807) is 43.5 Å². The minimum atomic E-state index is -3.98. The third-order valence-electron chi connectivity index (χ3n) is 4.44. The Balaban J connectivity index is 2.01. The Labute approximate surface area is 186 Å². The molecule has 0 aliphatic carbocycles. The Morgan fingerprint density at radius 3 is 2.45 bits per heavy atom. The Bertz CT molecular complexity index is 1170. The first kappa shape index (κ1) is 22.6. The smallest absolute Gasteiger partial charge is 0.284 e. The van der Waals surface area contributed by atoms with Crippen LogP contribution < -0.4 is 9.47 Å². The second kappa shape index (κ2) is 9.40. The molecule has 1 aliphatic heterocycles. The zero-order chi connectivity index (χ0) is 22.6. The maximum Gasteiger partial charge on any atom is 0.284 e. The molecule has 9 heteroatoms. The van der Waals surface area contributed by atoms with Crippen molar-refractivity contribution in [2.75, 3.05) is 20.8 Å². The molecule has 1 amide bonds. The van der Waals surface area contributed by atoms with Gasteiger partial charge in [0.05, 0.1) is 24.0 Å². The predicted molar refractivity (Wildman–Crippen MR) is 123 cm³/mol. The highest BCUT2D eigenvalue weighted by Crippen LogP contribution is 2.36. The standard InChI is InChI=1S/C22H22N2O5S2/c1-5-12-24-21(25)20(13-16-8-9-17(28-3)14-19(16)29-4)30-22(24)23-31(26,27)18-10-6-15(2)7-11-18/h5-11,13-14H,1,12H2,2-4H3. The number of ether oxygens (including phenoxy) is 2. The van der Waals surface area contributed by atoms with Crippen molar-refractivity contribution in [2.45, 2.75) is 11.8 Å². The van der Waals surface area contributed by atoms with E-state index >= 15 is 0 Å². The normalized spacial score (nSPS) is 16.7. The van der Waals surface area contributed by atoms with E-state index in [9.17, 15) is 13.2 Å². The van der Waals surface area contributed by atoms with Crippen LogP contribution in [0.5, 0.6) is 11.5 Å². The summed E-state index contributed by atoms with van der Waals surface area (Å²) in [6.45, 7) is 5.65. The van der Waals surface area contributed by atoms with E-state index in [1.165, 1.54) is 30.2 Å². The summed E-state index contributed by atoms with van der Waals surface area (Å²) in [7, 11) is -0.914. The maximum absolute atomic E-state index is 12.9. The average molecular weight is 459 g/mol. The second-order valence-corrected chi connectivity index (χ2v) is 9.20. The van der Waals surface area contributed by atoms with Crippen LogP contribution in [0.15, 0.2) is 69.3 Å². The van der Waals surface area contributed by atoms with Crippen LogP contribution in [-0.2, 0) is 14.8 Å². The summed E-state index contributed by atoms with van der Waals surface area (Å²) in [6, 6.07) is 11.6. The molecule has 7 nitrogen and oxygen atoms in total. The number of carbonyl (C=O) groups excluding carboxylic acids is 1. The molecule has 1 fully saturated rings. The fourth-order valence-corrected chi connectivity index (χ4v) is 4.99. The number of amides is 1. The Morgan fingerprint density at radius 1 is 1.13 bits per heavy atom. The van der Waals surface area contributed by atoms with Gasteiger partial charge in [-0.3, -0.25) is 9.69 Å². The van der Waals surface area contributed by atoms with Crippen molar-refractivity contribution in [1.82, 2.24) is 4.90 Å². The van der Waals surface area contributed by atoms with Gasteiger partial charge in [-0.1, -0.05) is 23.8 Å². The van der Waals surface area contributed by atoms with Crippen LogP contribution in [0.3, 0.4) is 0 Å². The topological polar surface area (TPSA) is 85.3 Å². The van der Waals surface area contributed by atoms with Gasteiger partial charge in [-0.25, -0.2) is 0 Å². The number of sulfonamides is 1. The van der Waals surface area contributed by atoms with E-state index in [-0.39, 0.29) is 22.5 Å². The van der Waals surface area contributed by atoms with E-state index in [2.05, 4.69) is 11.0 Å². The van der Waals surface area contributed by atoms with Crippen LogP contribution in [-0.4, -0.2) is 45.2 Å². The minimum Gasteiger partial charge on any atom is -0.497 e. The number of benzene rings is 2. The molecule has 0 unspecified atom stereocenters. The van der Waals surface area contributed by atoms with E-state index in [4.69, 9.17) is 9.47 Å². The summed E-state index contributed by atoms with van der Waals surface area (Å²) in [5.41, 5.74) is 1.59. The summed E-state index contributed by atoms with van der Waals surface area (Å²) >= 11 is 0.989. The van der Waals surface area contributed by atoms with Gasteiger partial charge in [0.1, 0.15) is 11.5 Å². The van der Waals surface area contributed by atoms with Crippen molar-refractivity contribution in [3.05, 3.63) is 71.2 Å². The second-order valence-electron chi connectivity index (χ2n) is 6.58. The van der Waals surface area contributed by atoms with Crippen LogP contribution in [0.1, 0.15) is 11.1 Å². The highest BCUT2D eigenvalue weighted by Gasteiger charge is 2.34. The number of aryl methyl sites for hydroxylation is 1. The average Bonchev–Trinajstić information content (AvgIpc) is 3.03. The molecule has 0 spiro atoms. The number of carbonyl (C=O) groups is 1. The first-order valence-corrected chi connectivity index (χ1v) is 11.5. The largest absolute Gasteiger partial charge is 0.497 e. The van der Waals surface area contributed by atoms with Gasteiger partial charge in [-0.15, -0.1) is 11.0 Å². The van der Waals surface area contributed by atoms with Crippen LogP contribution >= 0.6 is 11.8 Å². The van der Waals surface area contributed by atoms with Crippen molar-refractivity contribution in [2.24, 2.45) is 4.40 Å². The molecule has 1 saturated heterocycles. The monoisotopic (exact) mass is 458 g/mol. The van der Waals surface area contributed by atoms with Gasteiger partial charge in [0, 0.05) is 18.2 Å². The molecule has 0 atom stereocenters. The van der Waals surface area contributed by atoms with Gasteiger partial charge in [-0.2, -0.15) is 8.42 Å². The van der Waals surface area contributed by atoms with Crippen LogP contribution in [0.25, 0.3) is 6.08 Å². The van der Waals surface area contributed by atoms with Gasteiger partial charge in [0.2, 0.25) is 0 Å².